The SMILES string of the molecule is Cc1cnc(CN2CCCN(C(=O)CCc3ccccc3)CC2)cn1. The number of benzene rings is 1. The van der Waals surface area contributed by atoms with Gasteiger partial charge in [0.15, 0.2) is 0 Å². The lowest BCUT2D eigenvalue weighted by molar-refractivity contribution is -0.131. The third kappa shape index (κ3) is 5.36. The van der Waals surface area contributed by atoms with Crippen molar-refractivity contribution < 1.29 is 4.79 Å². The Morgan fingerprint density at radius 1 is 1.04 bits per heavy atom. The molecule has 2 aromatic rings. The van der Waals surface area contributed by atoms with E-state index in [1.165, 1.54) is 5.56 Å². The largest absolute Gasteiger partial charge is 0.341 e. The van der Waals surface area contributed by atoms with Gasteiger partial charge in [0, 0.05) is 51.5 Å². The van der Waals surface area contributed by atoms with Gasteiger partial charge in [-0.3, -0.25) is 19.7 Å². The molecule has 0 bridgehead atoms. The Morgan fingerprint density at radius 2 is 1.88 bits per heavy atom. The van der Waals surface area contributed by atoms with Gasteiger partial charge in [0.05, 0.1) is 11.4 Å². The summed E-state index contributed by atoms with van der Waals surface area (Å²) in [5.74, 6) is 0.265. The molecule has 25 heavy (non-hydrogen) atoms. The van der Waals surface area contributed by atoms with E-state index in [9.17, 15) is 4.79 Å². The predicted octanol–water partition coefficient (Wildman–Crippen LogP) is 2.45. The minimum Gasteiger partial charge on any atom is -0.341 e. The third-order valence-electron chi connectivity index (χ3n) is 4.63. The number of aromatic nitrogens is 2. The van der Waals surface area contributed by atoms with Crippen LogP contribution in [0.3, 0.4) is 0 Å². The molecule has 132 valence electrons. The van der Waals surface area contributed by atoms with Crippen molar-refractivity contribution >= 4 is 5.91 Å². The van der Waals surface area contributed by atoms with Crippen LogP contribution < -0.4 is 0 Å². The molecule has 1 saturated heterocycles. The molecule has 1 fully saturated rings. The van der Waals surface area contributed by atoms with E-state index in [4.69, 9.17) is 0 Å². The first-order chi connectivity index (χ1) is 12.2. The summed E-state index contributed by atoms with van der Waals surface area (Å²) in [5.41, 5.74) is 3.16. The van der Waals surface area contributed by atoms with E-state index >= 15 is 0 Å². The molecule has 0 aliphatic carbocycles. The Hall–Kier alpha value is -2.27. The highest BCUT2D eigenvalue weighted by atomic mass is 16.2. The Morgan fingerprint density at radius 3 is 2.64 bits per heavy atom. The lowest BCUT2D eigenvalue weighted by Crippen LogP contribution is -2.35. The molecule has 0 atom stereocenters. The highest BCUT2D eigenvalue weighted by molar-refractivity contribution is 5.76. The van der Waals surface area contributed by atoms with Crippen LogP contribution in [0.25, 0.3) is 0 Å². The molecule has 5 nitrogen and oxygen atoms in total. The van der Waals surface area contributed by atoms with Crippen LogP contribution in [-0.2, 0) is 17.8 Å². The van der Waals surface area contributed by atoms with Gasteiger partial charge in [-0.2, -0.15) is 0 Å². The number of hydrogen-bond donors (Lipinski definition) is 0. The maximum Gasteiger partial charge on any atom is 0.222 e. The van der Waals surface area contributed by atoms with Crippen LogP contribution in [0, 0.1) is 6.92 Å². The maximum absolute atomic E-state index is 12.5. The molecule has 5 heteroatoms. The van der Waals surface area contributed by atoms with E-state index in [0.717, 1.165) is 57.0 Å². The van der Waals surface area contributed by atoms with Crippen molar-refractivity contribution in [3.8, 4) is 0 Å². The van der Waals surface area contributed by atoms with Crippen molar-refractivity contribution in [3.63, 3.8) is 0 Å². The summed E-state index contributed by atoms with van der Waals surface area (Å²) in [6.07, 6.45) is 6.08. The summed E-state index contributed by atoms with van der Waals surface area (Å²) < 4.78 is 0. The van der Waals surface area contributed by atoms with Crippen molar-refractivity contribution in [2.75, 3.05) is 26.2 Å². The van der Waals surface area contributed by atoms with Crippen molar-refractivity contribution in [1.82, 2.24) is 19.8 Å². The van der Waals surface area contributed by atoms with Crippen LogP contribution in [0.1, 0.15) is 29.8 Å². The van der Waals surface area contributed by atoms with Crippen molar-refractivity contribution in [2.24, 2.45) is 0 Å². The van der Waals surface area contributed by atoms with Crippen LogP contribution >= 0.6 is 0 Å². The summed E-state index contributed by atoms with van der Waals surface area (Å²) in [7, 11) is 0. The second-order valence-electron chi connectivity index (χ2n) is 6.65. The van der Waals surface area contributed by atoms with E-state index in [1.54, 1.807) is 0 Å². The van der Waals surface area contributed by atoms with Gasteiger partial charge in [0.25, 0.3) is 0 Å². The number of rotatable bonds is 5. The van der Waals surface area contributed by atoms with Gasteiger partial charge in [-0.25, -0.2) is 0 Å². The lowest BCUT2D eigenvalue weighted by Gasteiger charge is -2.22. The molecule has 1 aliphatic rings. The number of hydrogen-bond acceptors (Lipinski definition) is 4. The van der Waals surface area contributed by atoms with Crippen LogP contribution in [0.4, 0.5) is 0 Å². The van der Waals surface area contributed by atoms with Gasteiger partial charge in [0.1, 0.15) is 0 Å². The minimum atomic E-state index is 0.265. The standard InChI is InChI=1S/C20H26N4O/c1-17-14-22-19(15-21-17)16-23-10-5-11-24(13-12-23)20(25)9-8-18-6-3-2-4-7-18/h2-4,6-7,14-15H,5,8-13,16H2,1H3. The van der Waals surface area contributed by atoms with E-state index in [2.05, 4.69) is 27.0 Å². The molecular formula is C20H26N4O. The van der Waals surface area contributed by atoms with Gasteiger partial charge in [-0.15, -0.1) is 0 Å². The van der Waals surface area contributed by atoms with Crippen LogP contribution in [0.5, 0.6) is 0 Å². The van der Waals surface area contributed by atoms with Crippen LogP contribution in [0.15, 0.2) is 42.7 Å². The average molecular weight is 338 g/mol. The molecule has 0 radical (unpaired) electrons. The van der Waals surface area contributed by atoms with E-state index in [-0.39, 0.29) is 5.91 Å². The van der Waals surface area contributed by atoms with Gasteiger partial charge in [0.2, 0.25) is 5.91 Å². The fourth-order valence-corrected chi connectivity index (χ4v) is 3.16. The van der Waals surface area contributed by atoms with Gasteiger partial charge >= 0.3 is 0 Å². The van der Waals surface area contributed by atoms with Crippen LogP contribution in [-0.4, -0.2) is 51.9 Å². The second-order valence-corrected chi connectivity index (χ2v) is 6.65. The Balaban J connectivity index is 1.47. The Labute approximate surface area is 149 Å². The predicted molar refractivity (Wildman–Crippen MR) is 98.0 cm³/mol. The molecule has 1 aliphatic heterocycles. The summed E-state index contributed by atoms with van der Waals surface area (Å²) >= 11 is 0. The van der Waals surface area contributed by atoms with E-state index < -0.39 is 0 Å². The average Bonchev–Trinajstić information content (AvgIpc) is 2.88. The molecule has 1 amide bonds. The fourth-order valence-electron chi connectivity index (χ4n) is 3.16. The number of carbonyl (C=O) groups is 1. The smallest absolute Gasteiger partial charge is 0.222 e. The van der Waals surface area contributed by atoms with Gasteiger partial charge < -0.3 is 4.90 Å². The number of aryl methyl sites for hydroxylation is 2. The van der Waals surface area contributed by atoms with Gasteiger partial charge in [-0.1, -0.05) is 30.3 Å². The van der Waals surface area contributed by atoms with E-state index in [0.29, 0.717) is 6.42 Å². The van der Waals surface area contributed by atoms with Gasteiger partial charge in [-0.05, 0) is 25.3 Å². The zero-order valence-corrected chi connectivity index (χ0v) is 14.9. The number of carbonyl (C=O) groups excluding carboxylic acids is 1. The summed E-state index contributed by atoms with van der Waals surface area (Å²) in [6, 6.07) is 10.2. The minimum absolute atomic E-state index is 0.265. The fraction of sp³-hybridized carbons (Fsp3) is 0.450. The van der Waals surface area contributed by atoms with Crippen LogP contribution in [0.2, 0.25) is 0 Å². The first kappa shape index (κ1) is 17.5. The number of amides is 1. The first-order valence-electron chi connectivity index (χ1n) is 9.02. The maximum atomic E-state index is 12.5. The molecule has 3 rings (SSSR count). The first-order valence-corrected chi connectivity index (χ1v) is 9.02. The third-order valence-corrected chi connectivity index (χ3v) is 4.63. The van der Waals surface area contributed by atoms with Crippen molar-refractivity contribution in [2.45, 2.75) is 32.7 Å². The highest BCUT2D eigenvalue weighted by Crippen LogP contribution is 2.10. The topological polar surface area (TPSA) is 49.3 Å². The zero-order valence-electron chi connectivity index (χ0n) is 14.9. The molecule has 1 aromatic heterocycles. The zero-order chi connectivity index (χ0) is 17.5. The summed E-state index contributed by atoms with van der Waals surface area (Å²) in [4.78, 5) is 25.6. The monoisotopic (exact) mass is 338 g/mol. The number of nitrogens with zero attached hydrogens (tertiary/aromatic N) is 4. The molecule has 0 unspecified atom stereocenters. The molecule has 2 heterocycles. The second kappa shape index (κ2) is 8.72. The molecule has 0 saturated carbocycles. The normalized spacial score (nSPS) is 15.8. The molecule has 0 N–H and O–H groups in total. The molecule has 1 aromatic carbocycles. The quantitative estimate of drug-likeness (QED) is 0.840. The molecular weight excluding hydrogens is 312 g/mol. The lowest BCUT2D eigenvalue weighted by atomic mass is 10.1. The van der Waals surface area contributed by atoms with E-state index in [1.807, 2.05) is 42.4 Å². The summed E-state index contributed by atoms with van der Waals surface area (Å²) in [6.45, 7) is 6.29. The van der Waals surface area contributed by atoms with Crippen molar-refractivity contribution in [1.29, 1.82) is 0 Å². The Kier molecular flexibility index (Phi) is 6.12. The highest BCUT2D eigenvalue weighted by Gasteiger charge is 2.19. The van der Waals surface area contributed by atoms with Crippen molar-refractivity contribution in [3.05, 3.63) is 59.7 Å². The Bertz CT molecular complexity index is 672. The summed E-state index contributed by atoms with van der Waals surface area (Å²) in [5, 5.41) is 0. The molecule has 0 spiro atoms.